The van der Waals surface area contributed by atoms with Crippen molar-refractivity contribution < 1.29 is 4.42 Å². The Hall–Kier alpha value is -7.88. The van der Waals surface area contributed by atoms with Crippen LogP contribution in [0.5, 0.6) is 0 Å². The standard InChI is InChI=1S/C56H34N2O/c1-3-14-41-39(12-1)32-50(45-18-7-5-16-43(41)45)35-24-28-37(29-25-35)52-34-53(49-22-11-21-48-47-20-9-10-23-54(47)59-55(48)49)58-56(57-52)38-30-26-36(27-31-38)51-33-40-13-2-4-15-42(40)44-17-6-8-19-46(44)51/h1-34H. The van der Waals surface area contributed by atoms with E-state index in [9.17, 15) is 0 Å². The Labute approximate surface area is 340 Å². The quantitative estimate of drug-likeness (QED) is 0.164. The van der Waals surface area contributed by atoms with E-state index >= 15 is 0 Å². The molecule has 0 saturated carbocycles. The monoisotopic (exact) mass is 750 g/mol. The third-order valence-corrected chi connectivity index (χ3v) is 11.9. The van der Waals surface area contributed by atoms with E-state index in [1.165, 1.54) is 54.2 Å². The molecule has 3 nitrogen and oxygen atoms in total. The molecule has 0 atom stereocenters. The highest BCUT2D eigenvalue weighted by molar-refractivity contribution is 6.15. The lowest BCUT2D eigenvalue weighted by atomic mass is 9.92. The van der Waals surface area contributed by atoms with Crippen LogP contribution in [0.1, 0.15) is 0 Å². The molecule has 0 N–H and O–H groups in total. The van der Waals surface area contributed by atoms with E-state index in [4.69, 9.17) is 14.4 Å². The smallest absolute Gasteiger partial charge is 0.160 e. The molecule has 10 aromatic carbocycles. The van der Waals surface area contributed by atoms with E-state index in [2.05, 4.69) is 194 Å². The molecule has 12 aromatic rings. The average molecular weight is 751 g/mol. The first-order valence-corrected chi connectivity index (χ1v) is 20.1. The fourth-order valence-electron chi connectivity index (χ4n) is 9.02. The molecular formula is C56H34N2O. The first kappa shape index (κ1) is 33.3. The summed E-state index contributed by atoms with van der Waals surface area (Å²) in [6, 6.07) is 73.4. The molecule has 0 aliphatic heterocycles. The van der Waals surface area contributed by atoms with Crippen LogP contribution in [0.4, 0.5) is 0 Å². The Balaban J connectivity index is 1.00. The van der Waals surface area contributed by atoms with E-state index in [0.717, 1.165) is 61.1 Å². The summed E-state index contributed by atoms with van der Waals surface area (Å²) in [6.07, 6.45) is 0. The molecule has 12 rings (SSSR count). The van der Waals surface area contributed by atoms with Gasteiger partial charge in [-0.1, -0.05) is 176 Å². The Bertz CT molecular complexity index is 3420. The highest BCUT2D eigenvalue weighted by atomic mass is 16.3. The number of para-hydroxylation sites is 2. The topological polar surface area (TPSA) is 38.9 Å². The minimum atomic E-state index is 0.658. The van der Waals surface area contributed by atoms with E-state index < -0.39 is 0 Å². The fraction of sp³-hybridized carbons (Fsp3) is 0. The van der Waals surface area contributed by atoms with Gasteiger partial charge >= 0.3 is 0 Å². The van der Waals surface area contributed by atoms with Crippen LogP contribution in [0.15, 0.2) is 211 Å². The first-order chi connectivity index (χ1) is 29.2. The molecular weight excluding hydrogens is 717 g/mol. The molecule has 0 bridgehead atoms. The van der Waals surface area contributed by atoms with Crippen molar-refractivity contribution in [2.24, 2.45) is 0 Å². The predicted octanol–water partition coefficient (Wildman–Crippen LogP) is 15.3. The van der Waals surface area contributed by atoms with Crippen molar-refractivity contribution in [2.75, 3.05) is 0 Å². The molecule has 0 fully saturated rings. The fourth-order valence-corrected chi connectivity index (χ4v) is 9.02. The minimum Gasteiger partial charge on any atom is -0.455 e. The summed E-state index contributed by atoms with van der Waals surface area (Å²) in [4.78, 5) is 10.5. The zero-order valence-corrected chi connectivity index (χ0v) is 31.9. The van der Waals surface area contributed by atoms with Crippen LogP contribution in [0.25, 0.3) is 121 Å². The van der Waals surface area contributed by atoms with Gasteiger partial charge in [0.25, 0.3) is 0 Å². The van der Waals surface area contributed by atoms with Gasteiger partial charge in [-0.2, -0.15) is 0 Å². The number of benzene rings is 10. The Morgan fingerprint density at radius 2 is 0.746 bits per heavy atom. The zero-order valence-electron chi connectivity index (χ0n) is 31.9. The lowest BCUT2D eigenvalue weighted by Crippen LogP contribution is -1.96. The SMILES string of the molecule is c1ccc2c(c1)cc(-c1ccc(-c3cc(-c4cccc5c4oc4ccccc45)nc(-c4ccc(-c5cc6ccccc6c6ccccc56)cc4)n3)cc1)c1ccccc12. The maximum atomic E-state index is 6.53. The van der Waals surface area contributed by atoms with Gasteiger partial charge in [0.05, 0.1) is 11.4 Å². The van der Waals surface area contributed by atoms with Gasteiger partial charge in [-0.25, -0.2) is 9.97 Å². The second kappa shape index (κ2) is 13.4. The number of rotatable bonds is 5. The molecule has 0 saturated heterocycles. The van der Waals surface area contributed by atoms with Gasteiger partial charge in [-0.05, 0) is 95.7 Å². The molecule has 0 aliphatic rings. The Morgan fingerprint density at radius 1 is 0.288 bits per heavy atom. The highest BCUT2D eigenvalue weighted by Gasteiger charge is 2.18. The van der Waals surface area contributed by atoms with Crippen molar-refractivity contribution in [1.29, 1.82) is 0 Å². The average Bonchev–Trinajstić information content (AvgIpc) is 3.70. The predicted molar refractivity (Wildman–Crippen MR) is 247 cm³/mol. The van der Waals surface area contributed by atoms with Gasteiger partial charge in [0, 0.05) is 27.5 Å². The van der Waals surface area contributed by atoms with Crippen molar-refractivity contribution in [3.63, 3.8) is 0 Å². The third-order valence-electron chi connectivity index (χ3n) is 11.9. The van der Waals surface area contributed by atoms with Crippen molar-refractivity contribution >= 4 is 65.0 Å². The molecule has 0 unspecified atom stereocenters. The van der Waals surface area contributed by atoms with Gasteiger partial charge < -0.3 is 4.42 Å². The number of furan rings is 1. The summed E-state index contributed by atoms with van der Waals surface area (Å²) in [7, 11) is 0. The van der Waals surface area contributed by atoms with E-state index in [0.29, 0.717) is 5.82 Å². The minimum absolute atomic E-state index is 0.658. The molecule has 274 valence electrons. The summed E-state index contributed by atoms with van der Waals surface area (Å²) in [5, 5.41) is 12.1. The summed E-state index contributed by atoms with van der Waals surface area (Å²) < 4.78 is 6.53. The Morgan fingerprint density at radius 3 is 1.36 bits per heavy atom. The van der Waals surface area contributed by atoms with Gasteiger partial charge in [-0.15, -0.1) is 0 Å². The van der Waals surface area contributed by atoms with Crippen LogP contribution < -0.4 is 0 Å². The van der Waals surface area contributed by atoms with Crippen LogP contribution in [0, 0.1) is 0 Å². The van der Waals surface area contributed by atoms with Gasteiger partial charge in [-0.3, -0.25) is 0 Å². The van der Waals surface area contributed by atoms with Crippen LogP contribution in [-0.4, -0.2) is 9.97 Å². The van der Waals surface area contributed by atoms with Gasteiger partial charge in [0.15, 0.2) is 5.82 Å². The molecule has 59 heavy (non-hydrogen) atoms. The maximum absolute atomic E-state index is 6.53. The molecule has 3 heteroatoms. The van der Waals surface area contributed by atoms with Crippen molar-refractivity contribution in [2.45, 2.75) is 0 Å². The van der Waals surface area contributed by atoms with Crippen molar-refractivity contribution in [1.82, 2.24) is 9.97 Å². The number of hydrogen-bond acceptors (Lipinski definition) is 3. The van der Waals surface area contributed by atoms with E-state index in [-0.39, 0.29) is 0 Å². The van der Waals surface area contributed by atoms with Crippen LogP contribution in [0.3, 0.4) is 0 Å². The highest BCUT2D eigenvalue weighted by Crippen LogP contribution is 2.40. The number of aromatic nitrogens is 2. The van der Waals surface area contributed by atoms with Crippen LogP contribution >= 0.6 is 0 Å². The van der Waals surface area contributed by atoms with E-state index in [1.54, 1.807) is 0 Å². The molecule has 2 aromatic heterocycles. The number of hydrogen-bond donors (Lipinski definition) is 0. The second-order valence-corrected chi connectivity index (χ2v) is 15.3. The Kier molecular flexibility index (Phi) is 7.54. The second-order valence-electron chi connectivity index (χ2n) is 15.3. The molecule has 0 radical (unpaired) electrons. The summed E-state index contributed by atoms with van der Waals surface area (Å²) >= 11 is 0. The van der Waals surface area contributed by atoms with E-state index in [1.807, 2.05) is 12.1 Å². The van der Waals surface area contributed by atoms with Crippen molar-refractivity contribution in [3.8, 4) is 56.2 Å². The van der Waals surface area contributed by atoms with Gasteiger partial charge in [0.1, 0.15) is 11.2 Å². The molecule has 0 amide bonds. The largest absolute Gasteiger partial charge is 0.455 e. The molecule has 0 aliphatic carbocycles. The maximum Gasteiger partial charge on any atom is 0.160 e. The third kappa shape index (κ3) is 5.51. The van der Waals surface area contributed by atoms with Crippen LogP contribution in [0.2, 0.25) is 0 Å². The summed E-state index contributed by atoms with van der Waals surface area (Å²) in [5.74, 6) is 0.658. The lowest BCUT2D eigenvalue weighted by molar-refractivity contribution is 0.670. The van der Waals surface area contributed by atoms with Crippen molar-refractivity contribution in [3.05, 3.63) is 206 Å². The zero-order chi connectivity index (χ0) is 38.9. The number of nitrogens with zero attached hydrogens (tertiary/aromatic N) is 2. The normalized spacial score (nSPS) is 11.7. The number of fused-ring (bicyclic) bond motifs is 9. The van der Waals surface area contributed by atoms with Crippen LogP contribution in [-0.2, 0) is 0 Å². The van der Waals surface area contributed by atoms with Gasteiger partial charge in [0.2, 0.25) is 0 Å². The lowest BCUT2D eigenvalue weighted by Gasteiger charge is -2.13. The summed E-state index contributed by atoms with van der Waals surface area (Å²) in [6.45, 7) is 0. The first-order valence-electron chi connectivity index (χ1n) is 20.1. The summed E-state index contributed by atoms with van der Waals surface area (Å²) in [5.41, 5.74) is 11.0. The molecule has 2 heterocycles. The molecule has 0 spiro atoms.